The van der Waals surface area contributed by atoms with Gasteiger partial charge in [-0.1, -0.05) is 0 Å². The number of hydrogen-bond donors (Lipinski definition) is 2. The van der Waals surface area contributed by atoms with E-state index in [-0.39, 0.29) is 0 Å². The fraction of sp³-hybridized carbons (Fsp3) is 1.00. The first kappa shape index (κ1) is 10.8. The van der Waals surface area contributed by atoms with E-state index in [1.54, 1.807) is 0 Å². The molecule has 2 heterocycles. The Morgan fingerprint density at radius 3 is 2.53 bits per heavy atom. The van der Waals surface area contributed by atoms with Gasteiger partial charge in [0.25, 0.3) is 0 Å². The highest BCUT2D eigenvalue weighted by molar-refractivity contribution is 5.16. The Bertz CT molecular complexity index is 321. The van der Waals surface area contributed by atoms with E-state index in [1.165, 1.54) is 57.8 Å². The average Bonchev–Trinajstić information content (AvgIpc) is 2.64. The predicted molar refractivity (Wildman–Crippen MR) is 70.0 cm³/mol. The molecule has 2 saturated heterocycles. The summed E-state index contributed by atoms with van der Waals surface area (Å²) >= 11 is 0. The lowest BCUT2D eigenvalue weighted by Crippen LogP contribution is -2.48. The highest BCUT2D eigenvalue weighted by atomic mass is 15.1. The van der Waals surface area contributed by atoms with Gasteiger partial charge < -0.3 is 10.6 Å². The van der Waals surface area contributed by atoms with Gasteiger partial charge >= 0.3 is 0 Å². The largest absolute Gasteiger partial charge is 0.308 e. The second kappa shape index (κ2) is 3.48. The van der Waals surface area contributed by atoms with Crippen LogP contribution in [0.1, 0.15) is 64.7 Å². The van der Waals surface area contributed by atoms with Crippen molar-refractivity contribution in [2.24, 2.45) is 5.92 Å². The third-order valence-electron chi connectivity index (χ3n) is 6.15. The molecule has 2 aliphatic heterocycles. The molecule has 0 aromatic rings. The van der Waals surface area contributed by atoms with Crippen LogP contribution in [0.2, 0.25) is 0 Å². The van der Waals surface area contributed by atoms with Crippen LogP contribution in [0.15, 0.2) is 0 Å². The van der Waals surface area contributed by atoms with Crippen molar-refractivity contribution in [3.8, 4) is 0 Å². The zero-order valence-corrected chi connectivity index (χ0v) is 11.1. The Morgan fingerprint density at radius 2 is 1.94 bits per heavy atom. The van der Waals surface area contributed by atoms with Gasteiger partial charge in [0, 0.05) is 23.2 Å². The van der Waals surface area contributed by atoms with Gasteiger partial charge in [0.15, 0.2) is 0 Å². The minimum atomic E-state index is 0.594. The Morgan fingerprint density at radius 1 is 1.06 bits per heavy atom. The second-order valence-electron chi connectivity index (χ2n) is 7.39. The maximum absolute atomic E-state index is 3.96. The second-order valence-corrected chi connectivity index (χ2v) is 7.39. The number of nitrogens with one attached hydrogen (secondary N) is 2. The van der Waals surface area contributed by atoms with Crippen LogP contribution in [0.4, 0.5) is 0 Å². The molecule has 4 atom stereocenters. The highest BCUT2D eigenvalue weighted by Gasteiger charge is 2.57. The molecule has 2 N–H and O–H groups in total. The Hall–Kier alpha value is -0.0800. The van der Waals surface area contributed by atoms with Gasteiger partial charge in [-0.15, -0.1) is 0 Å². The van der Waals surface area contributed by atoms with E-state index in [4.69, 9.17) is 0 Å². The molecule has 0 aromatic heterocycles. The summed E-state index contributed by atoms with van der Waals surface area (Å²) in [5, 5.41) is 7.81. The summed E-state index contributed by atoms with van der Waals surface area (Å²) in [7, 11) is 0. The average molecular weight is 234 g/mol. The van der Waals surface area contributed by atoms with Crippen molar-refractivity contribution in [2.45, 2.75) is 87.9 Å². The zero-order valence-electron chi connectivity index (χ0n) is 11.1. The van der Waals surface area contributed by atoms with Crippen LogP contribution in [0.3, 0.4) is 0 Å². The minimum Gasteiger partial charge on any atom is -0.308 e. The van der Waals surface area contributed by atoms with Crippen molar-refractivity contribution in [1.29, 1.82) is 0 Å². The van der Waals surface area contributed by atoms with Crippen LogP contribution in [-0.2, 0) is 0 Å². The molecule has 2 aliphatic carbocycles. The third-order valence-corrected chi connectivity index (χ3v) is 6.15. The van der Waals surface area contributed by atoms with Crippen molar-refractivity contribution in [2.75, 3.05) is 0 Å². The monoisotopic (exact) mass is 234 g/mol. The van der Waals surface area contributed by atoms with Crippen LogP contribution >= 0.6 is 0 Å². The molecule has 2 spiro atoms. The first-order chi connectivity index (χ1) is 8.20. The summed E-state index contributed by atoms with van der Waals surface area (Å²) in [6.07, 6.45) is 13.0. The molecule has 0 amide bonds. The lowest BCUT2D eigenvalue weighted by Gasteiger charge is -2.39. The van der Waals surface area contributed by atoms with Gasteiger partial charge in [-0.3, -0.25) is 0 Å². The number of rotatable bonds is 2. The lowest BCUT2D eigenvalue weighted by atomic mass is 9.76. The summed E-state index contributed by atoms with van der Waals surface area (Å²) in [6, 6.07) is 1.62. The van der Waals surface area contributed by atoms with E-state index < -0.39 is 0 Å². The molecule has 0 bridgehead atoms. The van der Waals surface area contributed by atoms with Gasteiger partial charge in [-0.2, -0.15) is 0 Å². The fourth-order valence-electron chi connectivity index (χ4n) is 4.83. The normalized spacial score (nSPS) is 51.0. The van der Waals surface area contributed by atoms with E-state index in [9.17, 15) is 0 Å². The van der Waals surface area contributed by atoms with Gasteiger partial charge in [-0.05, 0) is 70.6 Å². The highest BCUT2D eigenvalue weighted by Crippen LogP contribution is 2.54. The molecule has 4 aliphatic rings. The summed E-state index contributed by atoms with van der Waals surface area (Å²) in [6.45, 7) is 2.35. The number of hydrogen-bond acceptors (Lipinski definition) is 2. The van der Waals surface area contributed by atoms with Gasteiger partial charge in [0.05, 0.1) is 0 Å². The van der Waals surface area contributed by atoms with Crippen LogP contribution in [-0.4, -0.2) is 23.2 Å². The lowest BCUT2D eigenvalue weighted by molar-refractivity contribution is 0.204. The molecule has 2 heteroatoms. The Balaban J connectivity index is 1.32. The summed E-state index contributed by atoms with van der Waals surface area (Å²) in [5.41, 5.74) is 1.21. The van der Waals surface area contributed by atoms with Crippen molar-refractivity contribution >= 4 is 0 Å². The van der Waals surface area contributed by atoms with Crippen molar-refractivity contribution in [3.05, 3.63) is 0 Å². The molecule has 17 heavy (non-hydrogen) atoms. The summed E-state index contributed by atoms with van der Waals surface area (Å²) in [5.74, 6) is 0.986. The first-order valence-corrected chi connectivity index (χ1v) is 7.75. The van der Waals surface area contributed by atoms with Gasteiger partial charge in [-0.25, -0.2) is 0 Å². The molecule has 2 saturated carbocycles. The molecule has 4 rings (SSSR count). The zero-order chi connectivity index (χ0) is 11.5. The Kier molecular flexibility index (Phi) is 2.21. The fourth-order valence-corrected chi connectivity index (χ4v) is 4.83. The van der Waals surface area contributed by atoms with E-state index in [1.807, 2.05) is 0 Å². The third kappa shape index (κ3) is 1.67. The maximum atomic E-state index is 3.96. The minimum absolute atomic E-state index is 0.594. The van der Waals surface area contributed by atoms with Crippen LogP contribution in [0, 0.1) is 5.92 Å². The van der Waals surface area contributed by atoms with Crippen LogP contribution < -0.4 is 10.6 Å². The molecule has 4 unspecified atom stereocenters. The maximum Gasteiger partial charge on any atom is 0.0217 e. The Labute approximate surface area is 105 Å². The van der Waals surface area contributed by atoms with Crippen molar-refractivity contribution < 1.29 is 0 Å². The van der Waals surface area contributed by atoms with Gasteiger partial charge in [0.1, 0.15) is 0 Å². The molecule has 2 nitrogen and oxygen atoms in total. The molecule has 4 fully saturated rings. The van der Waals surface area contributed by atoms with Gasteiger partial charge in [0.2, 0.25) is 0 Å². The molecule has 96 valence electrons. The SMILES string of the molecule is CC1CCC2(CC2CC2CCC3(CCC3)N2)N1. The van der Waals surface area contributed by atoms with E-state index in [2.05, 4.69) is 17.6 Å². The molecular weight excluding hydrogens is 208 g/mol. The molecule has 0 aromatic carbocycles. The summed E-state index contributed by atoms with van der Waals surface area (Å²) < 4.78 is 0. The van der Waals surface area contributed by atoms with Crippen LogP contribution in [0.25, 0.3) is 0 Å². The van der Waals surface area contributed by atoms with Crippen molar-refractivity contribution in [3.63, 3.8) is 0 Å². The topological polar surface area (TPSA) is 24.1 Å². The quantitative estimate of drug-likeness (QED) is 0.767. The molecular formula is C15H26N2. The standard InChI is InChI=1S/C15H26N2/c1-11-3-8-15(16-11)10-12(15)9-13-4-7-14(17-13)5-2-6-14/h11-13,16-17H,2-10H2,1H3. The summed E-state index contributed by atoms with van der Waals surface area (Å²) in [4.78, 5) is 0. The van der Waals surface area contributed by atoms with Crippen molar-refractivity contribution in [1.82, 2.24) is 10.6 Å². The van der Waals surface area contributed by atoms with Crippen LogP contribution in [0.5, 0.6) is 0 Å². The van der Waals surface area contributed by atoms with E-state index in [0.29, 0.717) is 11.1 Å². The van der Waals surface area contributed by atoms with E-state index >= 15 is 0 Å². The van der Waals surface area contributed by atoms with E-state index in [0.717, 1.165) is 18.0 Å². The smallest absolute Gasteiger partial charge is 0.0217 e. The molecule has 0 radical (unpaired) electrons. The first-order valence-electron chi connectivity index (χ1n) is 7.75. The predicted octanol–water partition coefficient (Wildman–Crippen LogP) is 2.58.